The van der Waals surface area contributed by atoms with Gasteiger partial charge in [0, 0.05) is 35.3 Å². The quantitative estimate of drug-likeness (QED) is 0.501. The van der Waals surface area contributed by atoms with Crippen LogP contribution in [0.1, 0.15) is 22.5 Å². The summed E-state index contributed by atoms with van der Waals surface area (Å²) >= 11 is 0. The number of nitrogens with zero attached hydrogens (tertiary/aromatic N) is 2. The number of aromatic nitrogens is 3. The van der Waals surface area contributed by atoms with Gasteiger partial charge in [0.15, 0.2) is 0 Å². The van der Waals surface area contributed by atoms with Crippen LogP contribution in [0.4, 0.5) is 0 Å². The molecule has 0 spiro atoms. The van der Waals surface area contributed by atoms with Crippen LogP contribution in [0.2, 0.25) is 0 Å². The molecule has 0 saturated heterocycles. The number of nitrogens with one attached hydrogen (secondary N) is 1. The molecule has 4 aromatic rings. The van der Waals surface area contributed by atoms with Crippen molar-refractivity contribution >= 4 is 0 Å². The van der Waals surface area contributed by atoms with Gasteiger partial charge in [0.25, 0.3) is 0 Å². The van der Waals surface area contributed by atoms with Crippen LogP contribution in [0.25, 0.3) is 22.4 Å². The van der Waals surface area contributed by atoms with Gasteiger partial charge in [-0.25, -0.2) is 0 Å². The summed E-state index contributed by atoms with van der Waals surface area (Å²) in [4.78, 5) is 4.47. The molecule has 4 rings (SSSR count). The van der Waals surface area contributed by atoms with Crippen molar-refractivity contribution in [2.24, 2.45) is 5.73 Å². The lowest BCUT2D eigenvalue weighted by Gasteiger charge is -2.11. The summed E-state index contributed by atoms with van der Waals surface area (Å²) < 4.78 is 6.05. The van der Waals surface area contributed by atoms with Crippen LogP contribution in [0.3, 0.4) is 0 Å². The number of pyridine rings is 1. The van der Waals surface area contributed by atoms with Crippen molar-refractivity contribution < 1.29 is 4.74 Å². The molecule has 5 nitrogen and oxygen atoms in total. The van der Waals surface area contributed by atoms with Gasteiger partial charge in [-0.1, -0.05) is 36.4 Å². The first-order chi connectivity index (χ1) is 14.1. The Balaban J connectivity index is 1.61. The molecule has 146 valence electrons. The summed E-state index contributed by atoms with van der Waals surface area (Å²) in [7, 11) is 0. The molecule has 0 bridgehead atoms. The average molecular weight is 384 g/mol. The molecule has 0 unspecified atom stereocenters. The molecule has 0 saturated carbocycles. The first-order valence-electron chi connectivity index (χ1n) is 9.63. The molecular formula is C24H24N4O. The lowest BCUT2D eigenvalue weighted by molar-refractivity contribution is 0.305. The highest BCUT2D eigenvalue weighted by molar-refractivity contribution is 5.81. The standard InChI is InChI=1S/C24H24N4O/c1-16-10-21(11-17(2)27-16)23-14-26-28-24(23)18-8-5-9-22(12-18)29-15-20-7-4-3-6-19(20)13-25/h3-12,14H,13,15,25H2,1-2H3,(H,26,28). The number of H-pyrrole nitrogens is 1. The van der Waals surface area contributed by atoms with Crippen LogP contribution < -0.4 is 10.5 Å². The number of benzene rings is 2. The first-order valence-corrected chi connectivity index (χ1v) is 9.63. The highest BCUT2D eigenvalue weighted by atomic mass is 16.5. The van der Waals surface area contributed by atoms with E-state index < -0.39 is 0 Å². The second-order valence-corrected chi connectivity index (χ2v) is 7.08. The maximum Gasteiger partial charge on any atom is 0.120 e. The summed E-state index contributed by atoms with van der Waals surface area (Å²) in [6.45, 7) is 4.99. The van der Waals surface area contributed by atoms with E-state index in [0.29, 0.717) is 13.2 Å². The lowest BCUT2D eigenvalue weighted by Crippen LogP contribution is -2.04. The van der Waals surface area contributed by atoms with Gasteiger partial charge in [-0.2, -0.15) is 5.10 Å². The largest absolute Gasteiger partial charge is 0.489 e. The van der Waals surface area contributed by atoms with E-state index in [9.17, 15) is 0 Å². The van der Waals surface area contributed by atoms with E-state index in [2.05, 4.69) is 27.3 Å². The van der Waals surface area contributed by atoms with Gasteiger partial charge in [-0.3, -0.25) is 10.1 Å². The number of aromatic amines is 1. The molecular weight excluding hydrogens is 360 g/mol. The molecule has 0 aliphatic heterocycles. The molecule has 0 aliphatic carbocycles. The van der Waals surface area contributed by atoms with Gasteiger partial charge in [0.05, 0.1) is 5.69 Å². The van der Waals surface area contributed by atoms with Crippen molar-refractivity contribution in [2.45, 2.75) is 27.0 Å². The smallest absolute Gasteiger partial charge is 0.120 e. The Labute approximate surface area is 170 Å². The van der Waals surface area contributed by atoms with Gasteiger partial charge < -0.3 is 10.5 Å². The second kappa shape index (κ2) is 8.29. The molecule has 0 radical (unpaired) electrons. The van der Waals surface area contributed by atoms with Crippen molar-refractivity contribution in [2.75, 3.05) is 0 Å². The number of aryl methyl sites for hydroxylation is 2. The average Bonchev–Trinajstić information content (AvgIpc) is 3.22. The van der Waals surface area contributed by atoms with E-state index in [4.69, 9.17) is 10.5 Å². The van der Waals surface area contributed by atoms with Gasteiger partial charge >= 0.3 is 0 Å². The Morgan fingerprint density at radius 3 is 2.41 bits per heavy atom. The van der Waals surface area contributed by atoms with E-state index in [0.717, 1.165) is 50.6 Å². The minimum Gasteiger partial charge on any atom is -0.489 e. The Bertz CT molecular complexity index is 1110. The zero-order valence-electron chi connectivity index (χ0n) is 16.6. The zero-order valence-corrected chi connectivity index (χ0v) is 16.6. The first kappa shape index (κ1) is 18.9. The van der Waals surface area contributed by atoms with Gasteiger partial charge in [-0.15, -0.1) is 0 Å². The molecule has 0 fully saturated rings. The molecule has 5 heteroatoms. The minimum absolute atomic E-state index is 0.479. The third-order valence-electron chi connectivity index (χ3n) is 4.87. The van der Waals surface area contributed by atoms with Crippen LogP contribution >= 0.6 is 0 Å². The van der Waals surface area contributed by atoms with Crippen molar-refractivity contribution in [3.8, 4) is 28.1 Å². The van der Waals surface area contributed by atoms with Crippen molar-refractivity contribution in [1.29, 1.82) is 0 Å². The van der Waals surface area contributed by atoms with Crippen LogP contribution in [-0.4, -0.2) is 15.2 Å². The fraction of sp³-hybridized carbons (Fsp3) is 0.167. The van der Waals surface area contributed by atoms with Crippen molar-refractivity contribution in [3.63, 3.8) is 0 Å². The molecule has 2 aromatic heterocycles. The van der Waals surface area contributed by atoms with Crippen molar-refractivity contribution in [3.05, 3.63) is 89.4 Å². The number of ether oxygens (including phenoxy) is 1. The normalized spacial score (nSPS) is 10.9. The van der Waals surface area contributed by atoms with Gasteiger partial charge in [0.1, 0.15) is 12.4 Å². The summed E-state index contributed by atoms with van der Waals surface area (Å²) in [6.07, 6.45) is 1.93. The predicted molar refractivity (Wildman–Crippen MR) is 115 cm³/mol. The number of nitrogens with two attached hydrogens (primary N) is 1. The van der Waals surface area contributed by atoms with E-state index in [-0.39, 0.29) is 0 Å². The maximum absolute atomic E-state index is 6.05. The Morgan fingerprint density at radius 1 is 0.897 bits per heavy atom. The second-order valence-electron chi connectivity index (χ2n) is 7.08. The summed E-state index contributed by atoms with van der Waals surface area (Å²) in [5.74, 6) is 0.797. The number of rotatable bonds is 6. The van der Waals surface area contributed by atoms with E-state index in [1.165, 1.54) is 0 Å². The molecule has 2 heterocycles. The molecule has 29 heavy (non-hydrogen) atoms. The van der Waals surface area contributed by atoms with Crippen LogP contribution in [0.5, 0.6) is 5.75 Å². The summed E-state index contributed by atoms with van der Waals surface area (Å²) in [6, 6.07) is 20.2. The monoisotopic (exact) mass is 384 g/mol. The molecule has 0 aliphatic rings. The Kier molecular flexibility index (Phi) is 5.40. The Morgan fingerprint density at radius 2 is 1.66 bits per heavy atom. The topological polar surface area (TPSA) is 76.8 Å². The molecule has 3 N–H and O–H groups in total. The van der Waals surface area contributed by atoms with Gasteiger partial charge in [0.2, 0.25) is 0 Å². The third-order valence-corrected chi connectivity index (χ3v) is 4.87. The summed E-state index contributed by atoms with van der Waals surface area (Å²) in [5, 5.41) is 7.49. The highest BCUT2D eigenvalue weighted by Crippen LogP contribution is 2.32. The van der Waals surface area contributed by atoms with E-state index in [1.807, 2.05) is 68.6 Å². The SMILES string of the molecule is Cc1cc(-c2c[nH]nc2-c2cccc(OCc3ccccc3CN)c2)cc(C)n1. The maximum atomic E-state index is 6.05. The predicted octanol–water partition coefficient (Wildman–Crippen LogP) is 4.79. The van der Waals surface area contributed by atoms with Gasteiger partial charge in [-0.05, 0) is 54.8 Å². The minimum atomic E-state index is 0.479. The molecule has 0 amide bonds. The lowest BCUT2D eigenvalue weighted by atomic mass is 10.0. The Hall–Kier alpha value is -3.44. The van der Waals surface area contributed by atoms with E-state index >= 15 is 0 Å². The highest BCUT2D eigenvalue weighted by Gasteiger charge is 2.12. The zero-order chi connectivity index (χ0) is 20.2. The van der Waals surface area contributed by atoms with Crippen LogP contribution in [0.15, 0.2) is 66.9 Å². The van der Waals surface area contributed by atoms with Crippen LogP contribution in [-0.2, 0) is 13.2 Å². The van der Waals surface area contributed by atoms with E-state index in [1.54, 1.807) is 0 Å². The van der Waals surface area contributed by atoms with Crippen LogP contribution in [0, 0.1) is 13.8 Å². The summed E-state index contributed by atoms with van der Waals surface area (Å²) in [5.41, 5.74) is 14.0. The fourth-order valence-corrected chi connectivity index (χ4v) is 3.51. The number of hydrogen-bond donors (Lipinski definition) is 2. The number of hydrogen-bond acceptors (Lipinski definition) is 4. The molecule has 0 atom stereocenters. The third kappa shape index (κ3) is 4.20. The van der Waals surface area contributed by atoms with Crippen molar-refractivity contribution in [1.82, 2.24) is 15.2 Å². The fourth-order valence-electron chi connectivity index (χ4n) is 3.51. The molecule has 2 aromatic carbocycles.